The molecule has 1 aliphatic rings. The number of nitrogens with zero attached hydrogens (tertiary/aromatic N) is 2. The summed E-state index contributed by atoms with van der Waals surface area (Å²) in [4.78, 5) is 12.6. The molecular weight excluding hydrogens is 426 g/mol. The fourth-order valence-corrected chi connectivity index (χ4v) is 5.20. The predicted molar refractivity (Wildman–Crippen MR) is 116 cm³/mol. The van der Waals surface area contributed by atoms with Crippen LogP contribution in [0.4, 0.5) is 0 Å². The minimum Gasteiger partial charge on any atom is -0.508 e. The van der Waals surface area contributed by atoms with E-state index in [1.54, 1.807) is 12.1 Å². The molecule has 2 aromatic rings. The maximum Gasteiger partial charge on any atom is 0.255 e. The molecule has 1 saturated carbocycles. The second kappa shape index (κ2) is 10.1. The van der Waals surface area contributed by atoms with Gasteiger partial charge in [0.2, 0.25) is 10.0 Å². The number of hydrogen-bond donors (Lipinski definition) is 2. The zero-order valence-electron chi connectivity index (χ0n) is 16.4. The summed E-state index contributed by atoms with van der Waals surface area (Å²) in [5.41, 5.74) is 3.07. The number of sulfonamides is 1. The molecule has 0 saturated heterocycles. The van der Waals surface area contributed by atoms with E-state index < -0.39 is 15.9 Å². The zero-order valence-corrected chi connectivity index (χ0v) is 17.9. The number of hydrogen-bond acceptors (Lipinski definition) is 5. The number of carbonyl (C=O) groups is 1. The highest BCUT2D eigenvalue weighted by Gasteiger charge is 2.33. The maximum atomic E-state index is 13.2. The van der Waals surface area contributed by atoms with Crippen molar-refractivity contribution in [2.45, 2.75) is 43.0 Å². The van der Waals surface area contributed by atoms with Gasteiger partial charge in [0, 0.05) is 11.1 Å². The van der Waals surface area contributed by atoms with Crippen LogP contribution >= 0.6 is 11.6 Å². The number of nitrogens with one attached hydrogen (secondary N) is 1. The van der Waals surface area contributed by atoms with Crippen molar-refractivity contribution in [1.29, 1.82) is 0 Å². The molecule has 0 aliphatic heterocycles. The second-order valence-electron chi connectivity index (χ2n) is 7.18. The number of halogens is 1. The van der Waals surface area contributed by atoms with E-state index in [0.717, 1.165) is 32.1 Å². The third kappa shape index (κ3) is 5.81. The third-order valence-corrected chi connectivity index (χ3v) is 7.16. The summed E-state index contributed by atoms with van der Waals surface area (Å²) in [6.45, 7) is -0.317. The van der Waals surface area contributed by atoms with Crippen LogP contribution in [0.5, 0.6) is 5.75 Å². The van der Waals surface area contributed by atoms with Gasteiger partial charge in [-0.1, -0.05) is 30.9 Å². The Labute approximate surface area is 181 Å². The number of phenols is 1. The van der Waals surface area contributed by atoms with Crippen LogP contribution in [-0.2, 0) is 14.8 Å². The molecule has 160 valence electrons. The molecule has 30 heavy (non-hydrogen) atoms. The van der Waals surface area contributed by atoms with E-state index in [1.807, 2.05) is 0 Å². The zero-order chi connectivity index (χ0) is 21.6. The molecule has 2 N–H and O–H groups in total. The van der Waals surface area contributed by atoms with Gasteiger partial charge in [0.15, 0.2) is 0 Å². The van der Waals surface area contributed by atoms with E-state index in [1.165, 1.54) is 46.9 Å². The summed E-state index contributed by atoms with van der Waals surface area (Å²) < 4.78 is 27.8. The van der Waals surface area contributed by atoms with E-state index in [-0.39, 0.29) is 23.2 Å². The highest BCUT2D eigenvalue weighted by molar-refractivity contribution is 7.89. The van der Waals surface area contributed by atoms with Crippen molar-refractivity contribution >= 4 is 33.7 Å². The molecule has 0 unspecified atom stereocenters. The Hall–Kier alpha value is -2.42. The number of aromatic hydroxyl groups is 1. The van der Waals surface area contributed by atoms with Crippen LogP contribution in [0.15, 0.2) is 58.5 Å². The van der Waals surface area contributed by atoms with Gasteiger partial charge in [-0.25, -0.2) is 13.8 Å². The van der Waals surface area contributed by atoms with E-state index in [2.05, 4.69) is 10.5 Å². The molecule has 0 bridgehead atoms. The number of phenolic OH excluding ortho intramolecular Hbond substituents is 1. The summed E-state index contributed by atoms with van der Waals surface area (Å²) in [5, 5.41) is 13.6. The van der Waals surface area contributed by atoms with Gasteiger partial charge in [0.05, 0.1) is 17.7 Å². The highest BCUT2D eigenvalue weighted by atomic mass is 35.5. The molecule has 0 aromatic heterocycles. The average Bonchev–Trinajstić information content (AvgIpc) is 2.74. The SMILES string of the molecule is O=C(CN(C1CCCCC1)S(=O)(=O)c1ccc(Cl)cc1)N/N=C/c1ccc(O)cc1. The minimum absolute atomic E-state index is 0.109. The number of amides is 1. The van der Waals surface area contributed by atoms with Crippen molar-refractivity contribution in [2.75, 3.05) is 6.54 Å². The fraction of sp³-hybridized carbons (Fsp3) is 0.333. The van der Waals surface area contributed by atoms with Crippen LogP contribution in [0.25, 0.3) is 0 Å². The smallest absolute Gasteiger partial charge is 0.255 e. The molecule has 1 amide bonds. The minimum atomic E-state index is -3.86. The molecule has 2 aromatic carbocycles. The monoisotopic (exact) mass is 449 g/mol. The normalized spacial score (nSPS) is 15.5. The lowest BCUT2D eigenvalue weighted by molar-refractivity contribution is -0.121. The van der Waals surface area contributed by atoms with Gasteiger partial charge in [-0.05, 0) is 66.9 Å². The fourth-order valence-electron chi connectivity index (χ4n) is 3.44. The van der Waals surface area contributed by atoms with Gasteiger partial charge in [0.1, 0.15) is 5.75 Å². The van der Waals surface area contributed by atoms with Crippen molar-refractivity contribution < 1.29 is 18.3 Å². The molecule has 9 heteroatoms. The number of carbonyl (C=O) groups excluding carboxylic acids is 1. The molecule has 0 atom stereocenters. The quantitative estimate of drug-likeness (QED) is 0.499. The molecule has 0 heterocycles. The Kier molecular flexibility index (Phi) is 7.47. The van der Waals surface area contributed by atoms with E-state index in [9.17, 15) is 18.3 Å². The maximum absolute atomic E-state index is 13.2. The molecule has 7 nitrogen and oxygen atoms in total. The lowest BCUT2D eigenvalue weighted by Crippen LogP contribution is -2.46. The molecule has 0 radical (unpaired) electrons. The Morgan fingerprint density at radius 1 is 1.10 bits per heavy atom. The first kappa shape index (κ1) is 22.3. The van der Waals surface area contributed by atoms with E-state index in [4.69, 9.17) is 11.6 Å². The van der Waals surface area contributed by atoms with Gasteiger partial charge >= 0.3 is 0 Å². The van der Waals surface area contributed by atoms with Crippen molar-refractivity contribution in [3.8, 4) is 5.75 Å². The second-order valence-corrected chi connectivity index (χ2v) is 9.51. The summed E-state index contributed by atoms with van der Waals surface area (Å²) in [6.07, 6.45) is 5.79. The highest BCUT2D eigenvalue weighted by Crippen LogP contribution is 2.28. The van der Waals surface area contributed by atoms with E-state index in [0.29, 0.717) is 10.6 Å². The van der Waals surface area contributed by atoms with Crippen LogP contribution in [0, 0.1) is 0 Å². The predicted octanol–water partition coefficient (Wildman–Crippen LogP) is 3.52. The molecule has 3 rings (SSSR count). The van der Waals surface area contributed by atoms with Crippen molar-refractivity contribution in [2.24, 2.45) is 5.10 Å². The topological polar surface area (TPSA) is 99.1 Å². The Balaban J connectivity index is 1.74. The summed E-state index contributed by atoms with van der Waals surface area (Å²) in [5.74, 6) is -0.389. The Morgan fingerprint density at radius 2 is 1.73 bits per heavy atom. The van der Waals surface area contributed by atoms with Crippen LogP contribution in [-0.4, -0.2) is 42.5 Å². The first-order valence-electron chi connectivity index (χ1n) is 9.74. The first-order chi connectivity index (χ1) is 14.4. The van der Waals surface area contributed by atoms with Crippen molar-refractivity contribution in [1.82, 2.24) is 9.73 Å². The molecular formula is C21H24ClN3O4S. The Morgan fingerprint density at radius 3 is 2.37 bits per heavy atom. The van der Waals surface area contributed by atoms with Gasteiger partial charge in [-0.2, -0.15) is 9.41 Å². The number of hydrazone groups is 1. The van der Waals surface area contributed by atoms with Crippen LogP contribution in [0.2, 0.25) is 5.02 Å². The van der Waals surface area contributed by atoms with Gasteiger partial charge in [-0.3, -0.25) is 4.79 Å². The molecule has 1 aliphatic carbocycles. The lowest BCUT2D eigenvalue weighted by Gasteiger charge is -2.32. The standard InChI is InChI=1S/C21H24ClN3O4S/c22-17-8-12-20(13-9-17)30(28,29)25(18-4-2-1-3-5-18)15-21(27)24-23-14-16-6-10-19(26)11-7-16/h6-14,18,26H,1-5,15H2,(H,24,27)/b23-14+. The largest absolute Gasteiger partial charge is 0.508 e. The van der Waals surface area contributed by atoms with E-state index >= 15 is 0 Å². The first-order valence-corrected chi connectivity index (χ1v) is 11.6. The third-order valence-electron chi connectivity index (χ3n) is 5.00. The van der Waals surface area contributed by atoms with Crippen LogP contribution in [0.1, 0.15) is 37.7 Å². The van der Waals surface area contributed by atoms with Crippen molar-refractivity contribution in [3.05, 3.63) is 59.1 Å². The summed E-state index contributed by atoms with van der Waals surface area (Å²) in [7, 11) is -3.86. The average molecular weight is 450 g/mol. The molecule has 0 spiro atoms. The Bertz CT molecular complexity index is 986. The van der Waals surface area contributed by atoms with Gasteiger partial charge < -0.3 is 5.11 Å². The number of rotatable bonds is 7. The van der Waals surface area contributed by atoms with Gasteiger partial charge in [0.25, 0.3) is 5.91 Å². The lowest BCUT2D eigenvalue weighted by atomic mass is 9.95. The summed E-state index contributed by atoms with van der Waals surface area (Å²) >= 11 is 5.89. The number of benzene rings is 2. The van der Waals surface area contributed by atoms with Crippen LogP contribution < -0.4 is 5.43 Å². The summed E-state index contributed by atoms with van der Waals surface area (Å²) in [6, 6.07) is 12.0. The van der Waals surface area contributed by atoms with Gasteiger partial charge in [-0.15, -0.1) is 0 Å². The molecule has 1 fully saturated rings. The van der Waals surface area contributed by atoms with Crippen LogP contribution in [0.3, 0.4) is 0 Å². The van der Waals surface area contributed by atoms with Crippen molar-refractivity contribution in [3.63, 3.8) is 0 Å².